The van der Waals surface area contributed by atoms with E-state index in [9.17, 15) is 13.2 Å². The van der Waals surface area contributed by atoms with Gasteiger partial charge in [0, 0.05) is 6.04 Å². The molecule has 0 heterocycles. The van der Waals surface area contributed by atoms with Gasteiger partial charge in [-0.15, -0.1) is 0 Å². The largest absolute Gasteiger partial charge is 0.391 e. The molecule has 1 fully saturated rings. The van der Waals surface area contributed by atoms with Crippen LogP contribution in [0.15, 0.2) is 0 Å². The highest BCUT2D eigenvalue weighted by molar-refractivity contribution is 4.86. The van der Waals surface area contributed by atoms with Crippen molar-refractivity contribution in [3.63, 3.8) is 0 Å². The molecule has 0 aliphatic heterocycles. The summed E-state index contributed by atoms with van der Waals surface area (Å²) in [5, 5.41) is 3.46. The summed E-state index contributed by atoms with van der Waals surface area (Å²) in [6.45, 7) is 7.25. The predicted molar refractivity (Wildman–Crippen MR) is 77.7 cm³/mol. The van der Waals surface area contributed by atoms with Crippen LogP contribution in [0.25, 0.3) is 0 Å². The number of halogens is 3. The molecule has 3 unspecified atom stereocenters. The Bertz CT molecular complexity index is 261. The lowest BCUT2D eigenvalue weighted by Crippen LogP contribution is -2.42. The van der Waals surface area contributed by atoms with Crippen LogP contribution in [0.2, 0.25) is 0 Å². The highest BCUT2D eigenvalue weighted by Gasteiger charge is 2.43. The van der Waals surface area contributed by atoms with E-state index in [2.05, 4.69) is 19.2 Å². The molecule has 1 nitrogen and oxygen atoms in total. The Morgan fingerprint density at radius 2 is 1.75 bits per heavy atom. The Hall–Kier alpha value is -0.250. The smallest absolute Gasteiger partial charge is 0.314 e. The van der Waals surface area contributed by atoms with Crippen LogP contribution in [-0.2, 0) is 0 Å². The Labute approximate surface area is 121 Å². The van der Waals surface area contributed by atoms with Crippen LogP contribution >= 0.6 is 0 Å². The minimum atomic E-state index is -4.01. The van der Waals surface area contributed by atoms with E-state index in [4.69, 9.17) is 0 Å². The number of alkyl halides is 3. The Balaban J connectivity index is 2.65. The molecule has 1 saturated carbocycles. The fourth-order valence-electron chi connectivity index (χ4n) is 3.58. The number of rotatable bonds is 7. The first-order chi connectivity index (χ1) is 9.42. The molecule has 120 valence electrons. The summed E-state index contributed by atoms with van der Waals surface area (Å²) in [6.07, 6.45) is 1.57. The van der Waals surface area contributed by atoms with Gasteiger partial charge in [0.25, 0.3) is 0 Å². The second kappa shape index (κ2) is 8.26. The van der Waals surface area contributed by atoms with Gasteiger partial charge in [0.1, 0.15) is 0 Å². The fourth-order valence-corrected chi connectivity index (χ4v) is 3.58. The highest BCUT2D eigenvalue weighted by atomic mass is 19.4. The summed E-state index contributed by atoms with van der Waals surface area (Å²) < 4.78 is 38.8. The summed E-state index contributed by atoms with van der Waals surface area (Å²) in [5.41, 5.74) is 0. The minimum Gasteiger partial charge on any atom is -0.314 e. The summed E-state index contributed by atoms with van der Waals surface area (Å²) in [7, 11) is 0. The van der Waals surface area contributed by atoms with Crippen LogP contribution in [0, 0.1) is 17.8 Å². The van der Waals surface area contributed by atoms with Crippen molar-refractivity contribution in [2.24, 2.45) is 17.8 Å². The zero-order valence-corrected chi connectivity index (χ0v) is 13.1. The molecular formula is C16H30F3N. The standard InChI is InChI=1S/C16H30F3N/c1-4-12(5-2)10-15(20-6-3)13-8-7-9-14(11-13)16(17,18)19/h12-15,20H,4-11H2,1-3H3. The van der Waals surface area contributed by atoms with Crippen molar-refractivity contribution in [1.29, 1.82) is 0 Å². The predicted octanol–water partition coefficient (Wildman–Crippen LogP) is 5.16. The van der Waals surface area contributed by atoms with E-state index in [1.807, 2.05) is 6.92 Å². The Kier molecular flexibility index (Phi) is 7.35. The van der Waals surface area contributed by atoms with Gasteiger partial charge in [-0.3, -0.25) is 0 Å². The molecule has 0 spiro atoms. The molecule has 20 heavy (non-hydrogen) atoms. The van der Waals surface area contributed by atoms with Gasteiger partial charge >= 0.3 is 6.18 Å². The van der Waals surface area contributed by atoms with Gasteiger partial charge in [-0.2, -0.15) is 13.2 Å². The SMILES string of the molecule is CCNC(CC(CC)CC)C1CCCC(C(F)(F)F)C1. The summed E-state index contributed by atoms with van der Waals surface area (Å²) >= 11 is 0. The molecule has 4 heteroatoms. The van der Waals surface area contributed by atoms with E-state index in [1.165, 1.54) is 0 Å². The van der Waals surface area contributed by atoms with E-state index >= 15 is 0 Å². The summed E-state index contributed by atoms with van der Waals surface area (Å²) in [6, 6.07) is 0.259. The maximum atomic E-state index is 12.9. The number of nitrogens with one attached hydrogen (secondary N) is 1. The van der Waals surface area contributed by atoms with Gasteiger partial charge in [-0.25, -0.2) is 0 Å². The van der Waals surface area contributed by atoms with E-state index in [0.717, 1.165) is 38.6 Å². The normalized spacial score (nSPS) is 25.9. The first kappa shape index (κ1) is 17.8. The molecule has 1 aliphatic rings. The van der Waals surface area contributed by atoms with Crippen molar-refractivity contribution in [3.8, 4) is 0 Å². The first-order valence-electron chi connectivity index (χ1n) is 8.22. The molecule has 0 bridgehead atoms. The van der Waals surface area contributed by atoms with E-state index in [-0.39, 0.29) is 12.0 Å². The third-order valence-corrected chi connectivity index (χ3v) is 4.95. The minimum absolute atomic E-state index is 0.191. The number of hydrogen-bond acceptors (Lipinski definition) is 1. The van der Waals surface area contributed by atoms with Gasteiger partial charge < -0.3 is 5.32 Å². The van der Waals surface area contributed by atoms with E-state index < -0.39 is 12.1 Å². The molecule has 0 aromatic carbocycles. The quantitative estimate of drug-likeness (QED) is 0.683. The zero-order valence-electron chi connectivity index (χ0n) is 13.1. The van der Waals surface area contributed by atoms with E-state index in [1.54, 1.807) is 0 Å². The maximum absolute atomic E-state index is 12.9. The third kappa shape index (κ3) is 5.27. The van der Waals surface area contributed by atoms with Crippen molar-refractivity contribution < 1.29 is 13.2 Å². The van der Waals surface area contributed by atoms with Crippen LogP contribution in [0.1, 0.15) is 65.7 Å². The molecule has 1 rings (SSSR count). The van der Waals surface area contributed by atoms with Gasteiger partial charge in [0.15, 0.2) is 0 Å². The van der Waals surface area contributed by atoms with Crippen molar-refractivity contribution in [3.05, 3.63) is 0 Å². The lowest BCUT2D eigenvalue weighted by Gasteiger charge is -2.37. The average molecular weight is 293 g/mol. The fraction of sp³-hybridized carbons (Fsp3) is 1.00. The van der Waals surface area contributed by atoms with Gasteiger partial charge in [-0.05, 0) is 44.1 Å². The van der Waals surface area contributed by atoms with Crippen molar-refractivity contribution >= 4 is 0 Å². The molecule has 0 aromatic heterocycles. The first-order valence-corrected chi connectivity index (χ1v) is 8.22. The molecule has 1 aliphatic carbocycles. The second-order valence-electron chi connectivity index (χ2n) is 6.25. The molecule has 0 amide bonds. The molecule has 3 atom stereocenters. The molecular weight excluding hydrogens is 263 g/mol. The molecule has 0 radical (unpaired) electrons. The lowest BCUT2D eigenvalue weighted by atomic mass is 9.75. The van der Waals surface area contributed by atoms with Crippen LogP contribution in [0.3, 0.4) is 0 Å². The molecule has 0 saturated heterocycles. The van der Waals surface area contributed by atoms with Gasteiger partial charge in [0.05, 0.1) is 5.92 Å². The maximum Gasteiger partial charge on any atom is 0.391 e. The second-order valence-corrected chi connectivity index (χ2v) is 6.25. The van der Waals surface area contributed by atoms with Crippen LogP contribution in [0.5, 0.6) is 0 Å². The van der Waals surface area contributed by atoms with Crippen LogP contribution < -0.4 is 5.32 Å². The van der Waals surface area contributed by atoms with Crippen molar-refractivity contribution in [2.45, 2.75) is 77.9 Å². The van der Waals surface area contributed by atoms with Crippen LogP contribution in [0.4, 0.5) is 13.2 Å². The number of hydrogen-bond donors (Lipinski definition) is 1. The highest BCUT2D eigenvalue weighted by Crippen LogP contribution is 2.41. The van der Waals surface area contributed by atoms with Crippen molar-refractivity contribution in [2.75, 3.05) is 6.54 Å². The van der Waals surface area contributed by atoms with E-state index in [0.29, 0.717) is 18.8 Å². The summed E-state index contributed by atoms with van der Waals surface area (Å²) in [4.78, 5) is 0. The molecule has 1 N–H and O–H groups in total. The topological polar surface area (TPSA) is 12.0 Å². The Morgan fingerprint density at radius 3 is 2.25 bits per heavy atom. The van der Waals surface area contributed by atoms with Crippen LogP contribution in [-0.4, -0.2) is 18.8 Å². The summed E-state index contributed by atoms with van der Waals surface area (Å²) in [5.74, 6) is -0.259. The average Bonchev–Trinajstić information content (AvgIpc) is 2.42. The third-order valence-electron chi connectivity index (χ3n) is 4.95. The van der Waals surface area contributed by atoms with Crippen molar-refractivity contribution in [1.82, 2.24) is 5.32 Å². The molecule has 0 aromatic rings. The lowest BCUT2D eigenvalue weighted by molar-refractivity contribution is -0.186. The Morgan fingerprint density at radius 1 is 1.10 bits per heavy atom. The zero-order chi connectivity index (χ0) is 15.2. The van der Waals surface area contributed by atoms with Gasteiger partial charge in [-0.1, -0.05) is 40.0 Å². The monoisotopic (exact) mass is 293 g/mol. The van der Waals surface area contributed by atoms with Gasteiger partial charge in [0.2, 0.25) is 0 Å².